The third-order valence-corrected chi connectivity index (χ3v) is 8.88. The Morgan fingerprint density at radius 3 is 2.59 bits per heavy atom. The first-order valence-corrected chi connectivity index (χ1v) is 14.2. The zero-order valence-electron chi connectivity index (χ0n) is 20.6. The Morgan fingerprint density at radius 2 is 1.85 bits per heavy atom. The zero-order chi connectivity index (χ0) is 24.0. The van der Waals surface area contributed by atoms with Crippen LogP contribution >= 0.6 is 11.3 Å². The third-order valence-electron chi connectivity index (χ3n) is 7.81. The molecule has 3 aliphatic rings. The van der Waals surface area contributed by atoms with E-state index < -0.39 is 12.5 Å². The Balaban J connectivity index is 1.11. The molecular formula is C26H41F2N3O2S. The third kappa shape index (κ3) is 8.14. The van der Waals surface area contributed by atoms with Crippen LogP contribution in [0.3, 0.4) is 0 Å². The van der Waals surface area contributed by atoms with Crippen LogP contribution < -0.4 is 10.1 Å². The molecule has 1 aromatic heterocycles. The van der Waals surface area contributed by atoms with E-state index in [0.717, 1.165) is 69.8 Å². The summed E-state index contributed by atoms with van der Waals surface area (Å²) in [5.74, 6) is -1.09. The summed E-state index contributed by atoms with van der Waals surface area (Å²) in [6.45, 7) is 3.06. The van der Waals surface area contributed by atoms with Crippen molar-refractivity contribution >= 4 is 17.2 Å². The van der Waals surface area contributed by atoms with Gasteiger partial charge in [0, 0.05) is 37.4 Å². The second-order valence-electron chi connectivity index (χ2n) is 10.9. The van der Waals surface area contributed by atoms with E-state index in [9.17, 15) is 13.6 Å². The number of carbonyl (C=O) groups is 1. The molecule has 1 aromatic rings. The number of nitrogens with zero attached hydrogens (tertiary/aromatic N) is 2. The average Bonchev–Trinajstić information content (AvgIpc) is 3.24. The lowest BCUT2D eigenvalue weighted by Gasteiger charge is -2.32. The fraction of sp³-hybridized carbons (Fsp3) is 0.846. The van der Waals surface area contributed by atoms with Crippen molar-refractivity contribution in [1.82, 2.24) is 15.2 Å². The second-order valence-corrected chi connectivity index (χ2v) is 11.9. The molecule has 0 bridgehead atoms. The summed E-state index contributed by atoms with van der Waals surface area (Å²) in [4.78, 5) is 20.5. The van der Waals surface area contributed by atoms with Gasteiger partial charge in [-0.1, -0.05) is 43.4 Å². The lowest BCUT2D eigenvalue weighted by atomic mass is 9.83. The zero-order valence-corrected chi connectivity index (χ0v) is 21.4. The highest BCUT2D eigenvalue weighted by molar-refractivity contribution is 7.13. The molecule has 192 valence electrons. The van der Waals surface area contributed by atoms with Crippen LogP contribution in [0.4, 0.5) is 8.78 Å². The van der Waals surface area contributed by atoms with Crippen LogP contribution in [0.1, 0.15) is 94.5 Å². The maximum absolute atomic E-state index is 13.0. The first-order chi connectivity index (χ1) is 16.3. The standard InChI is InChI=1S/C26H41F2N3O2S/c1-26(27,28)18-33-25-30-22-17-31(16-14-23(22)34-25)15-13-20-7-10-21(11-8-20)29-24(32)12-9-19-5-3-2-4-6-19/h19-21H,2-18H2,1H3,(H,29,32)/t20-,21-. The number of thiazole rings is 1. The number of hydrogen-bond acceptors (Lipinski definition) is 5. The smallest absolute Gasteiger partial charge is 0.278 e. The number of hydrogen-bond donors (Lipinski definition) is 1. The normalized spacial score (nSPS) is 24.6. The van der Waals surface area contributed by atoms with Gasteiger partial charge in [-0.05, 0) is 63.3 Å². The van der Waals surface area contributed by atoms with E-state index in [1.54, 1.807) is 0 Å². The topological polar surface area (TPSA) is 54.5 Å². The Morgan fingerprint density at radius 1 is 1.12 bits per heavy atom. The molecule has 1 amide bonds. The minimum Gasteiger partial charge on any atom is -0.464 e. The van der Waals surface area contributed by atoms with Gasteiger partial charge in [0.2, 0.25) is 5.91 Å². The van der Waals surface area contributed by atoms with Crippen LogP contribution in [0.2, 0.25) is 0 Å². The number of fused-ring (bicyclic) bond motifs is 1. The molecule has 1 N–H and O–H groups in total. The van der Waals surface area contributed by atoms with Gasteiger partial charge >= 0.3 is 0 Å². The van der Waals surface area contributed by atoms with Gasteiger partial charge in [0.05, 0.1) is 5.69 Å². The highest BCUT2D eigenvalue weighted by Crippen LogP contribution is 2.32. The van der Waals surface area contributed by atoms with Gasteiger partial charge in [0.1, 0.15) is 0 Å². The van der Waals surface area contributed by atoms with Crippen molar-refractivity contribution in [3.63, 3.8) is 0 Å². The minimum absolute atomic E-state index is 0.257. The quantitative estimate of drug-likeness (QED) is 0.433. The number of ether oxygens (including phenoxy) is 1. The summed E-state index contributed by atoms with van der Waals surface area (Å²) in [6, 6.07) is 0.358. The molecule has 0 atom stereocenters. The van der Waals surface area contributed by atoms with E-state index in [-0.39, 0.29) is 5.91 Å². The van der Waals surface area contributed by atoms with Gasteiger partial charge < -0.3 is 10.1 Å². The maximum Gasteiger partial charge on any atom is 0.278 e. The molecule has 2 heterocycles. The summed E-state index contributed by atoms with van der Waals surface area (Å²) >= 11 is 1.41. The van der Waals surface area contributed by atoms with Crippen molar-refractivity contribution < 1.29 is 18.3 Å². The van der Waals surface area contributed by atoms with Crippen molar-refractivity contribution in [3.05, 3.63) is 10.6 Å². The number of rotatable bonds is 10. The number of carbonyl (C=O) groups excluding carboxylic acids is 1. The van der Waals surface area contributed by atoms with Gasteiger partial charge in [-0.3, -0.25) is 9.69 Å². The van der Waals surface area contributed by atoms with E-state index in [1.807, 2.05) is 0 Å². The fourth-order valence-corrected chi connectivity index (χ4v) is 6.65. The highest BCUT2D eigenvalue weighted by Gasteiger charge is 2.27. The van der Waals surface area contributed by atoms with Gasteiger partial charge in [-0.25, -0.2) is 13.8 Å². The summed E-state index contributed by atoms with van der Waals surface area (Å²) in [5.41, 5.74) is 0.991. The van der Waals surface area contributed by atoms with Crippen LogP contribution in [0.25, 0.3) is 0 Å². The number of amides is 1. The van der Waals surface area contributed by atoms with Crippen LogP contribution in [0.15, 0.2) is 0 Å². The summed E-state index contributed by atoms with van der Waals surface area (Å²) in [7, 11) is 0. The van der Waals surface area contributed by atoms with E-state index in [0.29, 0.717) is 17.7 Å². The number of aromatic nitrogens is 1. The molecular weight excluding hydrogens is 456 g/mol. The summed E-state index contributed by atoms with van der Waals surface area (Å²) in [5, 5.41) is 3.67. The van der Waals surface area contributed by atoms with E-state index in [1.165, 1.54) is 67.6 Å². The first-order valence-electron chi connectivity index (χ1n) is 13.3. The van der Waals surface area contributed by atoms with Gasteiger partial charge in [-0.2, -0.15) is 0 Å². The molecule has 0 radical (unpaired) electrons. The molecule has 34 heavy (non-hydrogen) atoms. The van der Waals surface area contributed by atoms with E-state index in [2.05, 4.69) is 15.2 Å². The first kappa shape index (κ1) is 25.8. The molecule has 2 fully saturated rings. The molecule has 0 aromatic carbocycles. The van der Waals surface area contributed by atoms with Gasteiger partial charge in [-0.15, -0.1) is 0 Å². The fourth-order valence-electron chi connectivity index (χ4n) is 5.74. The monoisotopic (exact) mass is 497 g/mol. The van der Waals surface area contributed by atoms with Crippen LogP contribution in [-0.2, 0) is 17.8 Å². The number of alkyl halides is 2. The van der Waals surface area contributed by atoms with Crippen molar-refractivity contribution in [2.45, 2.75) is 109 Å². The molecule has 4 rings (SSSR count). The van der Waals surface area contributed by atoms with Crippen LogP contribution in [-0.4, -0.2) is 47.5 Å². The SMILES string of the molecule is CC(F)(F)COc1nc2c(s1)CCN(CC[C@H]1CC[C@H](NC(=O)CCC3CCCCC3)CC1)C2. The van der Waals surface area contributed by atoms with Crippen molar-refractivity contribution in [1.29, 1.82) is 0 Å². The number of nitrogens with one attached hydrogen (secondary N) is 1. The Kier molecular flexibility index (Phi) is 9.19. The van der Waals surface area contributed by atoms with Crippen molar-refractivity contribution in [2.24, 2.45) is 11.8 Å². The van der Waals surface area contributed by atoms with Crippen LogP contribution in [0.5, 0.6) is 5.19 Å². The summed E-state index contributed by atoms with van der Waals surface area (Å²) < 4.78 is 31.3. The lowest BCUT2D eigenvalue weighted by Crippen LogP contribution is -2.38. The molecule has 1 aliphatic heterocycles. The number of halogens is 2. The lowest BCUT2D eigenvalue weighted by molar-refractivity contribution is -0.122. The molecule has 0 spiro atoms. The summed E-state index contributed by atoms with van der Waals surface area (Å²) in [6.07, 6.45) is 15.1. The minimum atomic E-state index is -2.84. The van der Waals surface area contributed by atoms with E-state index in [4.69, 9.17) is 4.74 Å². The van der Waals surface area contributed by atoms with Crippen molar-refractivity contribution in [2.75, 3.05) is 19.7 Å². The second kappa shape index (κ2) is 12.1. The van der Waals surface area contributed by atoms with Gasteiger partial charge in [0.25, 0.3) is 11.1 Å². The highest BCUT2D eigenvalue weighted by atomic mass is 32.1. The van der Waals surface area contributed by atoms with Crippen LogP contribution in [0, 0.1) is 11.8 Å². The molecule has 0 unspecified atom stereocenters. The van der Waals surface area contributed by atoms with E-state index >= 15 is 0 Å². The predicted molar refractivity (Wildman–Crippen MR) is 132 cm³/mol. The van der Waals surface area contributed by atoms with Crippen molar-refractivity contribution in [3.8, 4) is 5.19 Å². The molecule has 8 heteroatoms. The average molecular weight is 498 g/mol. The molecule has 0 saturated heterocycles. The largest absolute Gasteiger partial charge is 0.464 e. The molecule has 2 aliphatic carbocycles. The predicted octanol–water partition coefficient (Wildman–Crippen LogP) is 5.96. The molecule has 5 nitrogen and oxygen atoms in total. The molecule has 2 saturated carbocycles. The van der Waals surface area contributed by atoms with Gasteiger partial charge in [0.15, 0.2) is 6.61 Å². The Labute approximate surface area is 207 Å². The maximum atomic E-state index is 13.0. The Bertz CT molecular complexity index is 783. The Hall–Kier alpha value is -1.28.